The number of rotatable bonds is 3. The zero-order valence-electron chi connectivity index (χ0n) is 11.7. The van der Waals surface area contributed by atoms with E-state index in [2.05, 4.69) is 11.0 Å². The van der Waals surface area contributed by atoms with Crippen LogP contribution in [0.4, 0.5) is 0 Å². The van der Waals surface area contributed by atoms with E-state index >= 15 is 0 Å². The number of thiophene rings is 1. The fraction of sp³-hybridized carbons (Fsp3) is 0.667. The van der Waals surface area contributed by atoms with Crippen LogP contribution in [0.5, 0.6) is 0 Å². The molecule has 0 radical (unpaired) electrons. The number of fused-ring (bicyclic) bond motifs is 1. The van der Waals surface area contributed by atoms with Gasteiger partial charge in [0, 0.05) is 36.9 Å². The second kappa shape index (κ2) is 6.46. The minimum Gasteiger partial charge on any atom is -0.337 e. The molecule has 0 bridgehead atoms. The maximum atomic E-state index is 12.6. The lowest BCUT2D eigenvalue weighted by Gasteiger charge is -2.21. The van der Waals surface area contributed by atoms with Crippen molar-refractivity contribution in [3.63, 3.8) is 0 Å². The zero-order chi connectivity index (χ0) is 13.9. The molecule has 1 aromatic rings. The van der Waals surface area contributed by atoms with Crippen molar-refractivity contribution in [1.82, 2.24) is 9.80 Å². The van der Waals surface area contributed by atoms with E-state index in [1.165, 1.54) is 16.9 Å². The van der Waals surface area contributed by atoms with Gasteiger partial charge in [-0.1, -0.05) is 0 Å². The predicted molar refractivity (Wildman–Crippen MR) is 84.0 cm³/mol. The maximum absolute atomic E-state index is 12.6. The van der Waals surface area contributed by atoms with Crippen molar-refractivity contribution in [1.29, 1.82) is 0 Å². The second-order valence-electron chi connectivity index (χ2n) is 5.59. The number of carbonyl (C=O) groups excluding carboxylic acids is 1. The summed E-state index contributed by atoms with van der Waals surface area (Å²) in [6, 6.07) is 2.14. The number of alkyl halides is 1. The van der Waals surface area contributed by atoms with Crippen LogP contribution in [0.15, 0.2) is 6.07 Å². The van der Waals surface area contributed by atoms with Crippen LogP contribution in [0.3, 0.4) is 0 Å². The third-order valence-electron chi connectivity index (χ3n) is 4.23. The van der Waals surface area contributed by atoms with Crippen molar-refractivity contribution in [3.8, 4) is 0 Å². The molecular formula is C15H21ClN2OS. The largest absolute Gasteiger partial charge is 0.337 e. The van der Waals surface area contributed by atoms with Crippen LogP contribution in [-0.4, -0.2) is 54.3 Å². The average Bonchev–Trinajstić information content (AvgIpc) is 2.95. The molecule has 20 heavy (non-hydrogen) atoms. The Morgan fingerprint density at radius 3 is 2.90 bits per heavy atom. The summed E-state index contributed by atoms with van der Waals surface area (Å²) in [6.45, 7) is 4.64. The smallest absolute Gasteiger partial charge is 0.263 e. The molecule has 2 heterocycles. The van der Waals surface area contributed by atoms with Gasteiger partial charge in [0.25, 0.3) is 5.91 Å². The average molecular weight is 313 g/mol. The number of halogens is 1. The van der Waals surface area contributed by atoms with Crippen molar-refractivity contribution in [2.75, 3.05) is 38.6 Å². The number of hydrogen-bond donors (Lipinski definition) is 0. The summed E-state index contributed by atoms with van der Waals surface area (Å²) in [6.07, 6.45) is 4.62. The Bertz CT molecular complexity index is 467. The molecule has 1 amide bonds. The molecule has 1 fully saturated rings. The fourth-order valence-corrected chi connectivity index (χ4v) is 4.57. The lowest BCUT2D eigenvalue weighted by atomic mass is 10.2. The molecule has 3 nitrogen and oxygen atoms in total. The molecule has 0 N–H and O–H groups in total. The SMILES string of the molecule is O=C(c1cc2c(s1)CCC2)N1CCCN(CCCl)CC1. The zero-order valence-corrected chi connectivity index (χ0v) is 13.3. The summed E-state index contributed by atoms with van der Waals surface area (Å²) in [4.78, 5) is 19.4. The van der Waals surface area contributed by atoms with Gasteiger partial charge in [0.15, 0.2) is 0 Å². The van der Waals surface area contributed by atoms with Gasteiger partial charge in [-0.2, -0.15) is 0 Å². The first kappa shape index (κ1) is 14.4. The summed E-state index contributed by atoms with van der Waals surface area (Å²) < 4.78 is 0. The highest BCUT2D eigenvalue weighted by molar-refractivity contribution is 7.14. The van der Waals surface area contributed by atoms with E-state index in [0.29, 0.717) is 5.88 Å². The van der Waals surface area contributed by atoms with Gasteiger partial charge in [-0.15, -0.1) is 22.9 Å². The van der Waals surface area contributed by atoms with Crippen LogP contribution >= 0.6 is 22.9 Å². The van der Waals surface area contributed by atoms with Gasteiger partial charge in [0.1, 0.15) is 0 Å². The maximum Gasteiger partial charge on any atom is 0.263 e. The standard InChI is InChI=1S/C15H21ClN2OS/c16-5-8-17-6-2-7-18(10-9-17)15(19)14-11-12-3-1-4-13(12)20-14/h11H,1-10H2. The first-order valence-corrected chi connectivity index (χ1v) is 8.82. The van der Waals surface area contributed by atoms with Crippen LogP contribution in [0.25, 0.3) is 0 Å². The monoisotopic (exact) mass is 312 g/mol. The van der Waals surface area contributed by atoms with Gasteiger partial charge in [-0.25, -0.2) is 0 Å². The molecule has 0 atom stereocenters. The number of amides is 1. The molecule has 2 aliphatic rings. The van der Waals surface area contributed by atoms with Gasteiger partial charge < -0.3 is 9.80 Å². The van der Waals surface area contributed by atoms with E-state index in [1.807, 2.05) is 4.90 Å². The highest BCUT2D eigenvalue weighted by Crippen LogP contribution is 2.31. The van der Waals surface area contributed by atoms with Crippen molar-refractivity contribution in [2.45, 2.75) is 25.7 Å². The van der Waals surface area contributed by atoms with Crippen molar-refractivity contribution >= 4 is 28.8 Å². The highest BCUT2D eigenvalue weighted by atomic mass is 35.5. The van der Waals surface area contributed by atoms with E-state index in [1.54, 1.807) is 11.3 Å². The Labute approximate surface area is 129 Å². The van der Waals surface area contributed by atoms with Gasteiger partial charge in [0.05, 0.1) is 4.88 Å². The minimum absolute atomic E-state index is 0.233. The second-order valence-corrected chi connectivity index (χ2v) is 7.10. The molecule has 1 aromatic heterocycles. The molecule has 1 saturated heterocycles. The van der Waals surface area contributed by atoms with Crippen molar-refractivity contribution < 1.29 is 4.79 Å². The van der Waals surface area contributed by atoms with Gasteiger partial charge >= 0.3 is 0 Å². The predicted octanol–water partition coefficient (Wildman–Crippen LogP) is 2.62. The lowest BCUT2D eigenvalue weighted by Crippen LogP contribution is -2.35. The molecule has 1 aliphatic carbocycles. The molecular weight excluding hydrogens is 292 g/mol. The summed E-state index contributed by atoms with van der Waals surface area (Å²) in [5, 5.41) is 0. The highest BCUT2D eigenvalue weighted by Gasteiger charge is 2.24. The molecule has 3 rings (SSSR count). The summed E-state index contributed by atoms with van der Waals surface area (Å²) in [7, 11) is 0. The lowest BCUT2D eigenvalue weighted by molar-refractivity contribution is 0.0766. The summed E-state index contributed by atoms with van der Waals surface area (Å²) in [5.41, 5.74) is 1.41. The van der Waals surface area contributed by atoms with Crippen molar-refractivity contribution in [2.24, 2.45) is 0 Å². The summed E-state index contributed by atoms with van der Waals surface area (Å²) in [5.74, 6) is 0.906. The Morgan fingerprint density at radius 2 is 2.10 bits per heavy atom. The van der Waals surface area contributed by atoms with Crippen LogP contribution in [0.2, 0.25) is 0 Å². The minimum atomic E-state index is 0.233. The molecule has 1 aliphatic heterocycles. The van der Waals surface area contributed by atoms with Crippen LogP contribution in [-0.2, 0) is 12.8 Å². The van der Waals surface area contributed by atoms with E-state index in [4.69, 9.17) is 11.6 Å². The van der Waals surface area contributed by atoms with Crippen LogP contribution < -0.4 is 0 Å². The molecule has 5 heteroatoms. The quantitative estimate of drug-likeness (QED) is 0.801. The fourth-order valence-electron chi connectivity index (χ4n) is 3.11. The third kappa shape index (κ3) is 3.02. The van der Waals surface area contributed by atoms with Crippen LogP contribution in [0, 0.1) is 0 Å². The molecule has 0 spiro atoms. The Morgan fingerprint density at radius 1 is 1.20 bits per heavy atom. The van der Waals surface area contributed by atoms with Crippen LogP contribution in [0.1, 0.15) is 33.0 Å². The molecule has 0 saturated carbocycles. The normalized spacial score (nSPS) is 19.9. The Balaban J connectivity index is 1.64. The van der Waals surface area contributed by atoms with Gasteiger partial charge in [-0.05, 0) is 43.9 Å². The van der Waals surface area contributed by atoms with E-state index in [-0.39, 0.29) is 5.91 Å². The molecule has 0 aromatic carbocycles. The van der Waals surface area contributed by atoms with E-state index in [9.17, 15) is 4.79 Å². The van der Waals surface area contributed by atoms with Crippen molar-refractivity contribution in [3.05, 3.63) is 21.4 Å². The third-order valence-corrected chi connectivity index (χ3v) is 5.63. The van der Waals surface area contributed by atoms with Gasteiger partial charge in [0.2, 0.25) is 0 Å². The number of nitrogens with zero attached hydrogens (tertiary/aromatic N) is 2. The Kier molecular flexibility index (Phi) is 4.64. The summed E-state index contributed by atoms with van der Waals surface area (Å²) >= 11 is 7.52. The molecule has 0 unspecified atom stereocenters. The van der Waals surface area contributed by atoms with E-state index in [0.717, 1.165) is 56.9 Å². The Hall–Kier alpha value is -0.580. The number of carbonyl (C=O) groups is 1. The first-order chi connectivity index (χ1) is 9.78. The first-order valence-electron chi connectivity index (χ1n) is 7.47. The molecule has 110 valence electrons. The number of aryl methyl sites for hydroxylation is 2. The van der Waals surface area contributed by atoms with Gasteiger partial charge in [-0.3, -0.25) is 4.79 Å². The number of hydrogen-bond acceptors (Lipinski definition) is 3. The topological polar surface area (TPSA) is 23.6 Å². The van der Waals surface area contributed by atoms with E-state index < -0.39 is 0 Å².